The van der Waals surface area contributed by atoms with Crippen molar-refractivity contribution < 1.29 is 9.53 Å². The van der Waals surface area contributed by atoms with Gasteiger partial charge in [-0.3, -0.25) is 4.79 Å². The Balaban J connectivity index is 1.85. The Morgan fingerprint density at radius 3 is 2.58 bits per heavy atom. The number of nitrogens with one attached hydrogen (secondary N) is 1. The van der Waals surface area contributed by atoms with Crippen molar-refractivity contribution in [3.63, 3.8) is 0 Å². The van der Waals surface area contributed by atoms with E-state index < -0.39 is 0 Å². The Kier molecular flexibility index (Phi) is 7.83. The van der Waals surface area contributed by atoms with Gasteiger partial charge in [-0.05, 0) is 46.1 Å². The van der Waals surface area contributed by atoms with E-state index in [-0.39, 0.29) is 5.91 Å². The molecule has 0 fully saturated rings. The Bertz CT molecular complexity index is 643. The summed E-state index contributed by atoms with van der Waals surface area (Å²) in [7, 11) is 0. The second-order valence-electron chi connectivity index (χ2n) is 5.72. The molecule has 0 aliphatic carbocycles. The first-order valence-corrected chi connectivity index (χ1v) is 9.24. The number of hydrogen-bond donors (Lipinski definition) is 1. The summed E-state index contributed by atoms with van der Waals surface area (Å²) in [6, 6.07) is 15.3. The van der Waals surface area contributed by atoms with Gasteiger partial charge in [0.2, 0.25) is 0 Å². The summed E-state index contributed by atoms with van der Waals surface area (Å²) in [5, 5.41) is 2.93. The fourth-order valence-corrected chi connectivity index (χ4v) is 2.84. The van der Waals surface area contributed by atoms with Gasteiger partial charge in [-0.2, -0.15) is 0 Å². The maximum atomic E-state index is 12.2. The lowest BCUT2D eigenvalue weighted by atomic mass is 10.2. The third-order valence-electron chi connectivity index (χ3n) is 3.75. The molecule has 1 N–H and O–H groups in total. The highest BCUT2D eigenvalue weighted by Crippen LogP contribution is 2.26. The molecular formula is C20H24BrNO2. The first-order valence-electron chi connectivity index (χ1n) is 8.45. The van der Waals surface area contributed by atoms with Crippen LogP contribution in [-0.2, 0) is 6.54 Å². The minimum absolute atomic E-state index is 0.0888. The molecule has 0 saturated heterocycles. The molecule has 3 nitrogen and oxygen atoms in total. The number of ether oxygens (including phenoxy) is 1. The number of benzene rings is 2. The lowest BCUT2D eigenvalue weighted by Crippen LogP contribution is -2.22. The highest BCUT2D eigenvalue weighted by Gasteiger charge is 2.09. The normalized spacial score (nSPS) is 10.4. The first kappa shape index (κ1) is 18.5. The van der Waals surface area contributed by atoms with Crippen LogP contribution in [0.25, 0.3) is 0 Å². The second kappa shape index (κ2) is 10.1. The molecule has 0 heterocycles. The van der Waals surface area contributed by atoms with Crippen LogP contribution < -0.4 is 10.1 Å². The predicted molar refractivity (Wildman–Crippen MR) is 101 cm³/mol. The fraction of sp³-hybridized carbons (Fsp3) is 0.350. The molecule has 4 heteroatoms. The molecule has 0 spiro atoms. The molecule has 128 valence electrons. The molecule has 1 amide bonds. The molecule has 0 aliphatic rings. The molecular weight excluding hydrogens is 366 g/mol. The summed E-state index contributed by atoms with van der Waals surface area (Å²) >= 11 is 3.49. The first-order chi connectivity index (χ1) is 11.7. The number of carbonyl (C=O) groups excluding carboxylic acids is 1. The van der Waals surface area contributed by atoms with Crippen LogP contribution in [0, 0.1) is 0 Å². The van der Waals surface area contributed by atoms with Crippen LogP contribution in [0.5, 0.6) is 5.75 Å². The predicted octanol–water partition coefficient (Wildman–Crippen LogP) is 5.34. The van der Waals surface area contributed by atoms with E-state index in [0.29, 0.717) is 18.7 Å². The maximum absolute atomic E-state index is 12.2. The van der Waals surface area contributed by atoms with Crippen LogP contribution >= 0.6 is 15.9 Å². The van der Waals surface area contributed by atoms with Gasteiger partial charge in [0.1, 0.15) is 5.75 Å². The maximum Gasteiger partial charge on any atom is 0.251 e. The molecule has 2 aromatic carbocycles. The van der Waals surface area contributed by atoms with Crippen molar-refractivity contribution in [2.24, 2.45) is 0 Å². The minimum Gasteiger partial charge on any atom is -0.492 e. The average molecular weight is 390 g/mol. The number of unbranched alkanes of at least 4 members (excludes halogenated alkanes) is 3. The standard InChI is InChI=1S/C20H24BrNO2/c1-2-3-4-8-13-24-19-12-11-17(14-18(19)21)20(23)22-15-16-9-6-5-7-10-16/h5-7,9-12,14H,2-4,8,13,15H2,1H3,(H,22,23). The van der Waals surface area contributed by atoms with Crippen molar-refractivity contribution in [2.45, 2.75) is 39.2 Å². The summed E-state index contributed by atoms with van der Waals surface area (Å²) in [6.07, 6.45) is 4.70. The van der Waals surface area contributed by atoms with Crippen LogP contribution in [-0.4, -0.2) is 12.5 Å². The summed E-state index contributed by atoms with van der Waals surface area (Å²) in [5.74, 6) is 0.695. The number of carbonyl (C=O) groups is 1. The van der Waals surface area contributed by atoms with Gasteiger partial charge >= 0.3 is 0 Å². The second-order valence-corrected chi connectivity index (χ2v) is 6.58. The van der Waals surface area contributed by atoms with Gasteiger partial charge in [0.05, 0.1) is 11.1 Å². The largest absolute Gasteiger partial charge is 0.492 e. The Hall–Kier alpha value is -1.81. The molecule has 0 saturated carbocycles. The van der Waals surface area contributed by atoms with E-state index in [0.717, 1.165) is 22.2 Å². The van der Waals surface area contributed by atoms with Crippen molar-refractivity contribution in [1.82, 2.24) is 5.32 Å². The number of hydrogen-bond acceptors (Lipinski definition) is 2. The zero-order valence-corrected chi connectivity index (χ0v) is 15.6. The average Bonchev–Trinajstić information content (AvgIpc) is 2.61. The van der Waals surface area contributed by atoms with Crippen LogP contribution in [0.15, 0.2) is 53.0 Å². The van der Waals surface area contributed by atoms with Gasteiger partial charge in [0.25, 0.3) is 5.91 Å². The van der Waals surface area contributed by atoms with E-state index >= 15 is 0 Å². The SMILES string of the molecule is CCCCCCOc1ccc(C(=O)NCc2ccccc2)cc1Br. The minimum atomic E-state index is -0.0888. The smallest absolute Gasteiger partial charge is 0.251 e. The molecule has 0 unspecified atom stereocenters. The van der Waals surface area contributed by atoms with Crippen LogP contribution in [0.4, 0.5) is 0 Å². The van der Waals surface area contributed by atoms with Crippen molar-refractivity contribution >= 4 is 21.8 Å². The number of halogens is 1. The zero-order chi connectivity index (χ0) is 17.2. The van der Waals surface area contributed by atoms with E-state index in [1.54, 1.807) is 6.07 Å². The van der Waals surface area contributed by atoms with E-state index in [1.165, 1.54) is 19.3 Å². The van der Waals surface area contributed by atoms with Gasteiger partial charge in [-0.25, -0.2) is 0 Å². The summed E-state index contributed by atoms with van der Waals surface area (Å²) in [4.78, 5) is 12.2. The topological polar surface area (TPSA) is 38.3 Å². The van der Waals surface area contributed by atoms with Gasteiger partial charge in [0.15, 0.2) is 0 Å². The van der Waals surface area contributed by atoms with E-state index in [4.69, 9.17) is 4.74 Å². The quantitative estimate of drug-likeness (QED) is 0.587. The van der Waals surface area contributed by atoms with E-state index in [2.05, 4.69) is 28.2 Å². The van der Waals surface area contributed by atoms with Crippen molar-refractivity contribution in [2.75, 3.05) is 6.61 Å². The van der Waals surface area contributed by atoms with Crippen LogP contribution in [0.3, 0.4) is 0 Å². The Morgan fingerprint density at radius 2 is 1.88 bits per heavy atom. The van der Waals surface area contributed by atoms with Gasteiger partial charge in [-0.1, -0.05) is 56.5 Å². The number of rotatable bonds is 9. The molecule has 0 atom stereocenters. The highest BCUT2D eigenvalue weighted by molar-refractivity contribution is 9.10. The van der Waals surface area contributed by atoms with Crippen LogP contribution in [0.2, 0.25) is 0 Å². The van der Waals surface area contributed by atoms with E-state index in [9.17, 15) is 4.79 Å². The summed E-state index contributed by atoms with van der Waals surface area (Å²) < 4.78 is 6.58. The highest BCUT2D eigenvalue weighted by atomic mass is 79.9. The lowest BCUT2D eigenvalue weighted by Gasteiger charge is -2.10. The third-order valence-corrected chi connectivity index (χ3v) is 4.37. The monoisotopic (exact) mass is 389 g/mol. The fourth-order valence-electron chi connectivity index (χ4n) is 2.35. The Morgan fingerprint density at radius 1 is 1.08 bits per heavy atom. The molecule has 0 aliphatic heterocycles. The van der Waals surface area contributed by atoms with Crippen molar-refractivity contribution in [3.05, 3.63) is 64.1 Å². The van der Waals surface area contributed by atoms with E-state index in [1.807, 2.05) is 42.5 Å². The lowest BCUT2D eigenvalue weighted by molar-refractivity contribution is 0.0951. The molecule has 0 bridgehead atoms. The summed E-state index contributed by atoms with van der Waals surface area (Å²) in [6.45, 7) is 3.42. The Labute approximate surface area is 152 Å². The zero-order valence-electron chi connectivity index (χ0n) is 14.1. The van der Waals surface area contributed by atoms with Crippen molar-refractivity contribution in [1.29, 1.82) is 0 Å². The van der Waals surface area contributed by atoms with Gasteiger partial charge < -0.3 is 10.1 Å². The molecule has 0 aromatic heterocycles. The molecule has 2 aromatic rings. The third kappa shape index (κ3) is 6.00. The van der Waals surface area contributed by atoms with Crippen LogP contribution in [0.1, 0.15) is 48.5 Å². The van der Waals surface area contributed by atoms with Gasteiger partial charge in [0, 0.05) is 12.1 Å². The van der Waals surface area contributed by atoms with Crippen molar-refractivity contribution in [3.8, 4) is 5.75 Å². The summed E-state index contributed by atoms with van der Waals surface area (Å²) in [5.41, 5.74) is 1.70. The van der Waals surface area contributed by atoms with Gasteiger partial charge in [-0.15, -0.1) is 0 Å². The molecule has 2 rings (SSSR count). The molecule has 24 heavy (non-hydrogen) atoms. The molecule has 0 radical (unpaired) electrons. The number of amides is 1.